The number of nitro benzene ring substituents is 1. The molecule has 1 atom stereocenters. The molecule has 1 aromatic heterocycles. The number of nitro groups is 1. The maximum atomic E-state index is 12.4. The van der Waals surface area contributed by atoms with Gasteiger partial charge in [-0.3, -0.25) is 14.9 Å². The molecule has 3 aliphatic rings. The minimum absolute atomic E-state index is 0.0158. The van der Waals surface area contributed by atoms with Crippen LogP contribution in [0.1, 0.15) is 23.5 Å². The molecule has 5 rings (SSSR count). The second-order valence-corrected chi connectivity index (χ2v) is 6.56. The molecule has 8 nitrogen and oxygen atoms in total. The van der Waals surface area contributed by atoms with Crippen LogP contribution < -0.4 is 5.32 Å². The lowest BCUT2D eigenvalue weighted by molar-refractivity contribution is -0.384. The molecule has 3 aliphatic heterocycles. The van der Waals surface area contributed by atoms with Gasteiger partial charge in [0, 0.05) is 30.3 Å². The number of aromatic nitrogens is 1. The summed E-state index contributed by atoms with van der Waals surface area (Å²) in [6.45, 7) is 3.08. The Hall–Kier alpha value is -2.74. The van der Waals surface area contributed by atoms with E-state index in [1.54, 1.807) is 12.1 Å². The average Bonchev–Trinajstić information content (AvgIpc) is 3.13. The fraction of sp³-hybridized carbons (Fsp3) is 0.412. The van der Waals surface area contributed by atoms with Crippen LogP contribution in [0.15, 0.2) is 34.9 Å². The third kappa shape index (κ3) is 3.12. The number of non-ortho nitro benzene ring substituents is 1. The summed E-state index contributed by atoms with van der Waals surface area (Å²) in [5.41, 5.74) is 0.482. The molecule has 4 heterocycles. The highest BCUT2D eigenvalue weighted by Gasteiger charge is 2.35. The lowest BCUT2D eigenvalue weighted by Crippen LogP contribution is -2.57. The van der Waals surface area contributed by atoms with Crippen LogP contribution in [0.3, 0.4) is 0 Å². The van der Waals surface area contributed by atoms with Crippen LogP contribution in [0.5, 0.6) is 0 Å². The number of nitrogens with one attached hydrogen (secondary N) is 1. The molecule has 0 saturated carbocycles. The fourth-order valence-corrected chi connectivity index (χ4v) is 3.64. The highest BCUT2D eigenvalue weighted by atomic mass is 16.6. The van der Waals surface area contributed by atoms with Crippen molar-refractivity contribution in [2.75, 3.05) is 19.6 Å². The van der Waals surface area contributed by atoms with Gasteiger partial charge in [-0.15, -0.1) is 0 Å². The molecule has 130 valence electrons. The molecular weight excluding hydrogens is 324 g/mol. The normalized spacial score (nSPS) is 24.9. The number of oxazole rings is 1. The first-order valence-electron chi connectivity index (χ1n) is 8.34. The number of piperidine rings is 3. The topological polar surface area (TPSA) is 102 Å². The van der Waals surface area contributed by atoms with E-state index in [0.717, 1.165) is 32.5 Å². The predicted octanol–water partition coefficient (Wildman–Crippen LogP) is 2.07. The van der Waals surface area contributed by atoms with Crippen molar-refractivity contribution in [3.05, 3.63) is 46.5 Å². The Morgan fingerprint density at radius 3 is 2.84 bits per heavy atom. The summed E-state index contributed by atoms with van der Waals surface area (Å²) < 4.78 is 5.53. The molecule has 2 bridgehead atoms. The van der Waals surface area contributed by atoms with Crippen molar-refractivity contribution in [3.8, 4) is 11.3 Å². The highest BCUT2D eigenvalue weighted by Crippen LogP contribution is 2.28. The Morgan fingerprint density at radius 1 is 1.36 bits per heavy atom. The van der Waals surface area contributed by atoms with Gasteiger partial charge in [-0.1, -0.05) is 12.1 Å². The number of hydrogen-bond donors (Lipinski definition) is 1. The first kappa shape index (κ1) is 15.8. The molecule has 3 saturated heterocycles. The van der Waals surface area contributed by atoms with Crippen LogP contribution in [-0.4, -0.2) is 46.4 Å². The molecule has 1 amide bonds. The van der Waals surface area contributed by atoms with Crippen LogP contribution in [-0.2, 0) is 0 Å². The van der Waals surface area contributed by atoms with Crippen LogP contribution in [0.2, 0.25) is 0 Å². The van der Waals surface area contributed by atoms with E-state index >= 15 is 0 Å². The molecule has 0 unspecified atom stereocenters. The second kappa shape index (κ2) is 6.29. The van der Waals surface area contributed by atoms with Gasteiger partial charge < -0.3 is 14.6 Å². The molecule has 25 heavy (non-hydrogen) atoms. The SMILES string of the molecule is O=C(N[C@H]1CN2CCC1CC2)c1ncc(-c2cccc([N+](=O)[O-])c2)o1. The maximum absolute atomic E-state index is 12.4. The molecule has 0 radical (unpaired) electrons. The molecular formula is C17H18N4O4. The van der Waals surface area contributed by atoms with Crippen molar-refractivity contribution in [2.24, 2.45) is 5.92 Å². The first-order valence-corrected chi connectivity index (χ1v) is 8.34. The zero-order valence-electron chi connectivity index (χ0n) is 13.6. The minimum Gasteiger partial charge on any atom is -0.432 e. The Bertz CT molecular complexity index is 810. The van der Waals surface area contributed by atoms with E-state index in [9.17, 15) is 14.9 Å². The predicted molar refractivity (Wildman–Crippen MR) is 89.0 cm³/mol. The van der Waals surface area contributed by atoms with Crippen LogP contribution in [0, 0.1) is 16.0 Å². The van der Waals surface area contributed by atoms with Gasteiger partial charge in [-0.05, 0) is 31.8 Å². The first-order chi connectivity index (χ1) is 12.1. The number of hydrogen-bond acceptors (Lipinski definition) is 6. The zero-order chi connectivity index (χ0) is 17.4. The summed E-state index contributed by atoms with van der Waals surface area (Å²) in [5, 5.41) is 13.9. The highest BCUT2D eigenvalue weighted by molar-refractivity contribution is 5.90. The molecule has 3 fully saturated rings. The molecule has 1 aromatic carbocycles. The monoisotopic (exact) mass is 342 g/mol. The maximum Gasteiger partial charge on any atom is 0.307 e. The lowest BCUT2D eigenvalue weighted by atomic mass is 9.84. The third-order valence-electron chi connectivity index (χ3n) is 5.01. The Morgan fingerprint density at radius 2 is 2.16 bits per heavy atom. The zero-order valence-corrected chi connectivity index (χ0v) is 13.6. The van der Waals surface area contributed by atoms with Crippen molar-refractivity contribution in [1.29, 1.82) is 0 Å². The Balaban J connectivity index is 1.48. The second-order valence-electron chi connectivity index (χ2n) is 6.56. The number of benzene rings is 1. The van der Waals surface area contributed by atoms with Gasteiger partial charge in [-0.2, -0.15) is 0 Å². The van der Waals surface area contributed by atoms with Crippen molar-refractivity contribution < 1.29 is 14.1 Å². The number of nitrogens with zero attached hydrogens (tertiary/aromatic N) is 3. The largest absolute Gasteiger partial charge is 0.432 e. The van der Waals surface area contributed by atoms with E-state index in [-0.39, 0.29) is 23.5 Å². The summed E-state index contributed by atoms with van der Waals surface area (Å²) in [5.74, 6) is 0.497. The summed E-state index contributed by atoms with van der Waals surface area (Å²) in [4.78, 5) is 29.2. The van der Waals surface area contributed by atoms with Crippen molar-refractivity contribution in [2.45, 2.75) is 18.9 Å². The fourth-order valence-electron chi connectivity index (χ4n) is 3.64. The summed E-state index contributed by atoms with van der Waals surface area (Å²) in [6.07, 6.45) is 3.63. The van der Waals surface area contributed by atoms with Crippen LogP contribution >= 0.6 is 0 Å². The number of fused-ring (bicyclic) bond motifs is 3. The van der Waals surface area contributed by atoms with Gasteiger partial charge in [0.25, 0.3) is 11.6 Å². The number of carbonyl (C=O) groups is 1. The molecule has 2 aromatic rings. The molecule has 8 heteroatoms. The number of rotatable bonds is 4. The van der Waals surface area contributed by atoms with E-state index in [2.05, 4.69) is 15.2 Å². The van der Waals surface area contributed by atoms with Crippen LogP contribution in [0.25, 0.3) is 11.3 Å². The van der Waals surface area contributed by atoms with E-state index in [0.29, 0.717) is 17.2 Å². The van der Waals surface area contributed by atoms with Gasteiger partial charge in [0.1, 0.15) is 0 Å². The van der Waals surface area contributed by atoms with E-state index in [1.807, 2.05) is 0 Å². The summed E-state index contributed by atoms with van der Waals surface area (Å²) in [6, 6.07) is 6.19. The average molecular weight is 342 g/mol. The van der Waals surface area contributed by atoms with Crippen molar-refractivity contribution in [1.82, 2.24) is 15.2 Å². The van der Waals surface area contributed by atoms with Crippen molar-refractivity contribution in [3.63, 3.8) is 0 Å². The van der Waals surface area contributed by atoms with E-state index < -0.39 is 4.92 Å². The van der Waals surface area contributed by atoms with Gasteiger partial charge in [0.15, 0.2) is 5.76 Å². The smallest absolute Gasteiger partial charge is 0.307 e. The van der Waals surface area contributed by atoms with Gasteiger partial charge in [-0.25, -0.2) is 4.98 Å². The van der Waals surface area contributed by atoms with E-state index in [1.165, 1.54) is 18.3 Å². The van der Waals surface area contributed by atoms with Crippen molar-refractivity contribution >= 4 is 11.6 Å². The summed E-state index contributed by atoms with van der Waals surface area (Å²) in [7, 11) is 0. The molecule has 1 N–H and O–H groups in total. The van der Waals surface area contributed by atoms with E-state index in [4.69, 9.17) is 4.42 Å². The van der Waals surface area contributed by atoms with Gasteiger partial charge in [0.05, 0.1) is 11.1 Å². The minimum atomic E-state index is -0.471. The third-order valence-corrected chi connectivity index (χ3v) is 5.01. The quantitative estimate of drug-likeness (QED) is 0.674. The van der Waals surface area contributed by atoms with Gasteiger partial charge >= 0.3 is 5.91 Å². The Labute approximate surface area is 144 Å². The standard InChI is InChI=1S/C17H18N4O4/c22-16(19-14-10-20-6-4-11(14)5-7-20)17-18-9-15(25-17)12-2-1-3-13(8-12)21(23)24/h1-3,8-9,11,14H,4-7,10H2,(H,19,22)/t14-/m0/s1. The molecule has 0 aliphatic carbocycles. The number of amides is 1. The number of carbonyl (C=O) groups excluding carboxylic acids is 1. The lowest BCUT2D eigenvalue weighted by Gasteiger charge is -2.44. The van der Waals surface area contributed by atoms with Gasteiger partial charge in [0.2, 0.25) is 0 Å². The molecule has 0 spiro atoms. The van der Waals surface area contributed by atoms with Crippen LogP contribution in [0.4, 0.5) is 5.69 Å². The summed E-state index contributed by atoms with van der Waals surface area (Å²) >= 11 is 0. The Kier molecular flexibility index (Phi) is 3.96.